The number of aromatic nitrogens is 1. The molecule has 0 bridgehead atoms. The summed E-state index contributed by atoms with van der Waals surface area (Å²) in [6.45, 7) is 5.04. The number of hydrogen-bond donors (Lipinski definition) is 1. The van der Waals surface area contributed by atoms with Gasteiger partial charge in [0.05, 0.1) is 12.8 Å². The molecular formula is C18H23N3O. The number of ether oxygens (including phenoxy) is 1. The van der Waals surface area contributed by atoms with Crippen molar-refractivity contribution in [1.29, 1.82) is 5.26 Å². The summed E-state index contributed by atoms with van der Waals surface area (Å²) in [5.74, 6) is 1.44. The van der Waals surface area contributed by atoms with Crippen molar-refractivity contribution in [2.45, 2.75) is 33.2 Å². The molecule has 1 aromatic carbocycles. The van der Waals surface area contributed by atoms with Crippen molar-refractivity contribution >= 4 is 5.69 Å². The Hall–Kier alpha value is -2.41. The van der Waals surface area contributed by atoms with E-state index in [1.165, 1.54) is 0 Å². The van der Waals surface area contributed by atoms with Gasteiger partial charge in [0.25, 0.3) is 0 Å². The molecule has 0 saturated carbocycles. The number of nitriles is 1. The third-order valence-electron chi connectivity index (χ3n) is 3.81. The first kappa shape index (κ1) is 16.0. The van der Waals surface area contributed by atoms with Gasteiger partial charge in [-0.15, -0.1) is 0 Å². The van der Waals surface area contributed by atoms with Gasteiger partial charge in [0, 0.05) is 12.2 Å². The minimum absolute atomic E-state index is 0.606. The van der Waals surface area contributed by atoms with E-state index in [2.05, 4.69) is 19.9 Å². The Morgan fingerprint density at radius 2 is 1.95 bits per heavy atom. The van der Waals surface area contributed by atoms with Gasteiger partial charge in [-0.3, -0.25) is 0 Å². The van der Waals surface area contributed by atoms with Crippen LogP contribution in [0.15, 0.2) is 30.3 Å². The molecule has 4 nitrogen and oxygen atoms in total. The van der Waals surface area contributed by atoms with Crippen molar-refractivity contribution in [2.24, 2.45) is 5.92 Å². The Kier molecular flexibility index (Phi) is 5.11. The molecule has 2 aromatic rings. The maximum atomic E-state index is 9.35. The van der Waals surface area contributed by atoms with E-state index in [9.17, 15) is 5.26 Å². The Morgan fingerprint density at radius 3 is 2.50 bits per heavy atom. The smallest absolute Gasteiger partial charge is 0.122 e. The average Bonchev–Trinajstić information content (AvgIpc) is 2.81. The summed E-state index contributed by atoms with van der Waals surface area (Å²) in [5, 5.41) is 9.35. The lowest BCUT2D eigenvalue weighted by atomic mass is 10.1. The van der Waals surface area contributed by atoms with Crippen molar-refractivity contribution in [3.8, 4) is 11.8 Å². The van der Waals surface area contributed by atoms with Crippen LogP contribution in [0.4, 0.5) is 5.69 Å². The van der Waals surface area contributed by atoms with Crippen LogP contribution in [-0.2, 0) is 13.0 Å². The van der Waals surface area contributed by atoms with Crippen LogP contribution in [0.2, 0.25) is 0 Å². The molecule has 4 heteroatoms. The van der Waals surface area contributed by atoms with E-state index < -0.39 is 0 Å². The highest BCUT2D eigenvalue weighted by Gasteiger charge is 2.14. The summed E-state index contributed by atoms with van der Waals surface area (Å²) in [7, 11) is 1.65. The van der Waals surface area contributed by atoms with Gasteiger partial charge in [0.15, 0.2) is 0 Å². The van der Waals surface area contributed by atoms with Crippen molar-refractivity contribution in [3.05, 3.63) is 47.3 Å². The Balaban J connectivity index is 2.29. The lowest BCUT2D eigenvalue weighted by molar-refractivity contribution is 0.414. The molecule has 0 aliphatic rings. The summed E-state index contributed by atoms with van der Waals surface area (Å²) in [6, 6.07) is 11.9. The Morgan fingerprint density at radius 1 is 1.27 bits per heavy atom. The Bertz CT molecular complexity index is 663. The van der Waals surface area contributed by atoms with Gasteiger partial charge in [-0.25, -0.2) is 0 Å². The van der Waals surface area contributed by atoms with Crippen LogP contribution in [0.25, 0.3) is 0 Å². The monoisotopic (exact) mass is 297 g/mol. The second-order valence-corrected chi connectivity index (χ2v) is 5.91. The molecule has 2 N–H and O–H groups in total. The summed E-state index contributed by atoms with van der Waals surface area (Å²) >= 11 is 0. The van der Waals surface area contributed by atoms with Crippen LogP contribution in [0, 0.1) is 17.2 Å². The molecule has 0 atom stereocenters. The van der Waals surface area contributed by atoms with Crippen molar-refractivity contribution < 1.29 is 4.74 Å². The third kappa shape index (κ3) is 3.62. The molecule has 0 aliphatic heterocycles. The number of benzene rings is 1. The van der Waals surface area contributed by atoms with Gasteiger partial charge in [-0.05, 0) is 42.5 Å². The quantitative estimate of drug-likeness (QED) is 0.886. The first-order chi connectivity index (χ1) is 10.5. The van der Waals surface area contributed by atoms with Gasteiger partial charge in [-0.1, -0.05) is 26.0 Å². The molecule has 2 rings (SSSR count). The summed E-state index contributed by atoms with van der Waals surface area (Å²) in [5.41, 5.74) is 9.62. The molecule has 22 heavy (non-hydrogen) atoms. The summed E-state index contributed by atoms with van der Waals surface area (Å²) in [6.07, 6.45) is 1.95. The van der Waals surface area contributed by atoms with Gasteiger partial charge in [-0.2, -0.15) is 5.26 Å². The maximum absolute atomic E-state index is 9.35. The van der Waals surface area contributed by atoms with E-state index in [1.54, 1.807) is 13.2 Å². The predicted octanol–water partition coefficient (Wildman–Crippen LogP) is 3.59. The van der Waals surface area contributed by atoms with Gasteiger partial charge < -0.3 is 15.0 Å². The Labute approximate surface area is 132 Å². The maximum Gasteiger partial charge on any atom is 0.122 e. The predicted molar refractivity (Wildman–Crippen MR) is 88.8 cm³/mol. The van der Waals surface area contributed by atoms with E-state index in [4.69, 9.17) is 10.5 Å². The highest BCUT2D eigenvalue weighted by atomic mass is 16.5. The number of nitrogens with two attached hydrogens (primary N) is 1. The molecule has 0 saturated heterocycles. The van der Waals surface area contributed by atoms with E-state index in [1.807, 2.05) is 28.8 Å². The lowest BCUT2D eigenvalue weighted by Crippen LogP contribution is -2.09. The normalized spacial score (nSPS) is 10.7. The number of rotatable bonds is 6. The average molecular weight is 297 g/mol. The van der Waals surface area contributed by atoms with E-state index in [-0.39, 0.29) is 0 Å². The minimum atomic E-state index is 0.606. The zero-order chi connectivity index (χ0) is 16.1. The van der Waals surface area contributed by atoms with Crippen molar-refractivity contribution in [1.82, 2.24) is 4.57 Å². The molecular weight excluding hydrogens is 274 g/mol. The van der Waals surface area contributed by atoms with Gasteiger partial charge >= 0.3 is 0 Å². The van der Waals surface area contributed by atoms with Crippen molar-refractivity contribution in [3.63, 3.8) is 0 Å². The lowest BCUT2D eigenvalue weighted by Gasteiger charge is -2.13. The van der Waals surface area contributed by atoms with Crippen LogP contribution >= 0.6 is 0 Å². The molecule has 0 aliphatic carbocycles. The fourth-order valence-electron chi connectivity index (χ4n) is 2.50. The van der Waals surface area contributed by atoms with E-state index in [0.29, 0.717) is 23.8 Å². The number of methoxy groups -OCH3 is 1. The van der Waals surface area contributed by atoms with Gasteiger partial charge in [0.2, 0.25) is 0 Å². The first-order valence-corrected chi connectivity index (χ1v) is 7.56. The van der Waals surface area contributed by atoms with Crippen LogP contribution in [0.3, 0.4) is 0 Å². The van der Waals surface area contributed by atoms with Crippen LogP contribution in [0.5, 0.6) is 5.75 Å². The summed E-state index contributed by atoms with van der Waals surface area (Å²) < 4.78 is 7.21. The molecule has 1 heterocycles. The summed E-state index contributed by atoms with van der Waals surface area (Å²) in [4.78, 5) is 0. The van der Waals surface area contributed by atoms with Crippen LogP contribution < -0.4 is 10.5 Å². The number of nitrogens with zero attached hydrogens (tertiary/aromatic N) is 2. The highest BCUT2D eigenvalue weighted by Crippen LogP contribution is 2.23. The zero-order valence-corrected chi connectivity index (χ0v) is 13.5. The molecule has 0 spiro atoms. The highest BCUT2D eigenvalue weighted by molar-refractivity contribution is 5.51. The second kappa shape index (κ2) is 7.04. The van der Waals surface area contributed by atoms with E-state index >= 15 is 0 Å². The second-order valence-electron chi connectivity index (χ2n) is 5.91. The SMILES string of the molecule is COc1ccc(Cn2c(C#N)cc(N)c2CCC(C)C)cc1. The topological polar surface area (TPSA) is 64.0 Å². The molecule has 0 radical (unpaired) electrons. The van der Waals surface area contributed by atoms with Gasteiger partial charge in [0.1, 0.15) is 17.5 Å². The van der Waals surface area contributed by atoms with Crippen molar-refractivity contribution in [2.75, 3.05) is 12.8 Å². The van der Waals surface area contributed by atoms with E-state index in [0.717, 1.165) is 29.8 Å². The molecule has 0 amide bonds. The molecule has 0 fully saturated rings. The zero-order valence-electron chi connectivity index (χ0n) is 13.5. The fraction of sp³-hybridized carbons (Fsp3) is 0.389. The van der Waals surface area contributed by atoms with Crippen LogP contribution in [0.1, 0.15) is 37.2 Å². The third-order valence-corrected chi connectivity index (χ3v) is 3.81. The molecule has 116 valence electrons. The first-order valence-electron chi connectivity index (χ1n) is 7.56. The molecule has 1 aromatic heterocycles. The number of anilines is 1. The fourth-order valence-corrected chi connectivity index (χ4v) is 2.50. The standard InChI is InChI=1S/C18H23N3O/c1-13(2)4-9-18-17(20)10-15(11-19)21(18)12-14-5-7-16(22-3)8-6-14/h5-8,10,13H,4,9,12,20H2,1-3H3. The number of nitrogen functional groups attached to an aromatic ring is 1. The minimum Gasteiger partial charge on any atom is -0.497 e. The largest absolute Gasteiger partial charge is 0.497 e. The number of hydrogen-bond acceptors (Lipinski definition) is 3. The van der Waals surface area contributed by atoms with Crippen LogP contribution in [-0.4, -0.2) is 11.7 Å². The molecule has 0 unspecified atom stereocenters.